The molecule has 1 aromatic carbocycles. The Morgan fingerprint density at radius 2 is 2.06 bits per heavy atom. The zero-order valence-corrected chi connectivity index (χ0v) is 9.90. The van der Waals surface area contributed by atoms with Crippen LogP contribution in [0, 0.1) is 0 Å². The van der Waals surface area contributed by atoms with Gasteiger partial charge in [-0.05, 0) is 13.0 Å². The summed E-state index contributed by atoms with van der Waals surface area (Å²) < 4.78 is 5.13. The second-order valence-electron chi connectivity index (χ2n) is 3.68. The molecule has 0 radical (unpaired) electrons. The van der Waals surface area contributed by atoms with E-state index >= 15 is 0 Å². The molecule has 1 unspecified atom stereocenters. The summed E-state index contributed by atoms with van der Waals surface area (Å²) in [6.45, 7) is 1.54. The van der Waals surface area contributed by atoms with Crippen molar-refractivity contribution in [1.82, 2.24) is 5.32 Å². The smallest absolute Gasteiger partial charge is 0.239 e. The van der Waals surface area contributed by atoms with Crippen LogP contribution in [0.4, 0.5) is 0 Å². The third kappa shape index (κ3) is 3.79. The van der Waals surface area contributed by atoms with Crippen LogP contribution in [0.5, 0.6) is 5.75 Å². The summed E-state index contributed by atoms with van der Waals surface area (Å²) in [4.78, 5) is 22.4. The van der Waals surface area contributed by atoms with Gasteiger partial charge in [-0.25, -0.2) is 0 Å². The number of para-hydroxylation sites is 1. The molecule has 2 amide bonds. The molecule has 0 heterocycles. The van der Waals surface area contributed by atoms with Gasteiger partial charge in [0.1, 0.15) is 11.8 Å². The summed E-state index contributed by atoms with van der Waals surface area (Å²) in [6.07, 6.45) is 0.154. The highest BCUT2D eigenvalue weighted by Crippen LogP contribution is 2.17. The number of nitrogens with two attached hydrogens (primary N) is 1. The van der Waals surface area contributed by atoms with E-state index in [0.717, 1.165) is 5.56 Å². The maximum atomic E-state index is 11.6. The lowest BCUT2D eigenvalue weighted by molar-refractivity contribution is -0.126. The van der Waals surface area contributed by atoms with Gasteiger partial charge in [-0.2, -0.15) is 0 Å². The van der Waals surface area contributed by atoms with Gasteiger partial charge in [0.15, 0.2) is 0 Å². The molecule has 0 aliphatic rings. The van der Waals surface area contributed by atoms with Gasteiger partial charge in [0.2, 0.25) is 11.8 Å². The van der Waals surface area contributed by atoms with Crippen molar-refractivity contribution in [3.8, 4) is 5.75 Å². The van der Waals surface area contributed by atoms with Crippen LogP contribution in [0.2, 0.25) is 0 Å². The first-order valence-electron chi connectivity index (χ1n) is 5.25. The van der Waals surface area contributed by atoms with Crippen LogP contribution in [0.15, 0.2) is 24.3 Å². The molecule has 1 aromatic rings. The van der Waals surface area contributed by atoms with Crippen LogP contribution >= 0.6 is 0 Å². The Morgan fingerprint density at radius 3 is 2.65 bits per heavy atom. The lowest BCUT2D eigenvalue weighted by Gasteiger charge is -2.11. The maximum Gasteiger partial charge on any atom is 0.239 e. The van der Waals surface area contributed by atoms with Crippen LogP contribution in [0.25, 0.3) is 0 Å². The molecule has 3 N–H and O–H groups in total. The van der Waals surface area contributed by atoms with Gasteiger partial charge in [-0.1, -0.05) is 18.2 Å². The topological polar surface area (TPSA) is 81.4 Å². The van der Waals surface area contributed by atoms with Crippen LogP contribution in [0.1, 0.15) is 12.5 Å². The minimum Gasteiger partial charge on any atom is -0.496 e. The van der Waals surface area contributed by atoms with Gasteiger partial charge in [-0.15, -0.1) is 0 Å². The first-order chi connectivity index (χ1) is 8.04. The Balaban J connectivity index is 2.65. The zero-order valence-electron chi connectivity index (χ0n) is 9.90. The zero-order chi connectivity index (χ0) is 12.8. The summed E-state index contributed by atoms with van der Waals surface area (Å²) in [7, 11) is 1.54. The average Bonchev–Trinajstić information content (AvgIpc) is 2.29. The van der Waals surface area contributed by atoms with Gasteiger partial charge in [0.25, 0.3) is 0 Å². The number of hydrogen-bond donors (Lipinski definition) is 2. The van der Waals surface area contributed by atoms with Gasteiger partial charge in [0, 0.05) is 5.56 Å². The second-order valence-corrected chi connectivity index (χ2v) is 3.68. The molecular formula is C12H16N2O3. The maximum absolute atomic E-state index is 11.6. The quantitative estimate of drug-likeness (QED) is 0.767. The van der Waals surface area contributed by atoms with Crippen molar-refractivity contribution in [3.63, 3.8) is 0 Å². The van der Waals surface area contributed by atoms with Crippen LogP contribution < -0.4 is 15.8 Å². The van der Waals surface area contributed by atoms with Crippen LogP contribution in [-0.2, 0) is 16.0 Å². The number of hydrogen-bond acceptors (Lipinski definition) is 3. The van der Waals surface area contributed by atoms with Gasteiger partial charge >= 0.3 is 0 Å². The molecule has 0 spiro atoms. The molecule has 0 aliphatic heterocycles. The Hall–Kier alpha value is -2.04. The molecular weight excluding hydrogens is 220 g/mol. The van der Waals surface area contributed by atoms with E-state index in [-0.39, 0.29) is 12.3 Å². The van der Waals surface area contributed by atoms with E-state index in [9.17, 15) is 9.59 Å². The number of amides is 2. The molecule has 0 fully saturated rings. The van der Waals surface area contributed by atoms with Crippen LogP contribution in [0.3, 0.4) is 0 Å². The molecule has 0 saturated carbocycles. The largest absolute Gasteiger partial charge is 0.496 e. The lowest BCUT2D eigenvalue weighted by Crippen LogP contribution is -2.42. The fourth-order valence-electron chi connectivity index (χ4n) is 1.39. The summed E-state index contributed by atoms with van der Waals surface area (Å²) in [5.74, 6) is -0.173. The van der Waals surface area contributed by atoms with E-state index in [2.05, 4.69) is 5.32 Å². The first-order valence-corrected chi connectivity index (χ1v) is 5.25. The van der Waals surface area contributed by atoms with Crippen molar-refractivity contribution in [1.29, 1.82) is 0 Å². The van der Waals surface area contributed by atoms with Gasteiger partial charge < -0.3 is 15.8 Å². The standard InChI is InChI=1S/C12H16N2O3/c1-8(12(13)16)14-11(15)7-9-5-3-4-6-10(9)17-2/h3-6,8H,7H2,1-2H3,(H2,13,16)(H,14,15). The van der Waals surface area contributed by atoms with Crippen molar-refractivity contribution in [2.75, 3.05) is 7.11 Å². The average molecular weight is 236 g/mol. The number of methoxy groups -OCH3 is 1. The normalized spacial score (nSPS) is 11.6. The summed E-state index contributed by atoms with van der Waals surface area (Å²) in [6, 6.07) is 6.56. The number of nitrogens with one attached hydrogen (secondary N) is 1. The second kappa shape index (κ2) is 5.89. The third-order valence-electron chi connectivity index (χ3n) is 2.35. The van der Waals surface area contributed by atoms with Gasteiger partial charge in [-0.3, -0.25) is 9.59 Å². The predicted octanol–water partition coefficient (Wildman–Crippen LogP) is 0.228. The highest BCUT2D eigenvalue weighted by atomic mass is 16.5. The predicted molar refractivity (Wildman–Crippen MR) is 63.5 cm³/mol. The van der Waals surface area contributed by atoms with Crippen molar-refractivity contribution >= 4 is 11.8 Å². The number of rotatable bonds is 5. The highest BCUT2D eigenvalue weighted by Gasteiger charge is 2.13. The number of benzene rings is 1. The summed E-state index contributed by atoms with van der Waals surface area (Å²) in [5, 5.41) is 2.51. The van der Waals surface area contributed by atoms with E-state index in [0.29, 0.717) is 5.75 Å². The molecule has 0 bridgehead atoms. The lowest BCUT2D eigenvalue weighted by atomic mass is 10.1. The molecule has 17 heavy (non-hydrogen) atoms. The number of ether oxygens (including phenoxy) is 1. The van der Waals surface area contributed by atoms with E-state index in [1.165, 1.54) is 0 Å². The Bertz CT molecular complexity index is 418. The van der Waals surface area contributed by atoms with E-state index in [1.807, 2.05) is 12.1 Å². The number of carbonyl (C=O) groups is 2. The Morgan fingerprint density at radius 1 is 1.41 bits per heavy atom. The van der Waals surface area contributed by atoms with Crippen molar-refractivity contribution in [2.24, 2.45) is 5.73 Å². The van der Waals surface area contributed by atoms with Crippen LogP contribution in [-0.4, -0.2) is 25.0 Å². The molecule has 0 saturated heterocycles. The first kappa shape index (κ1) is 13.0. The third-order valence-corrected chi connectivity index (χ3v) is 2.35. The minimum atomic E-state index is -0.669. The molecule has 0 aliphatic carbocycles. The minimum absolute atomic E-state index is 0.154. The van der Waals surface area contributed by atoms with Gasteiger partial charge in [0.05, 0.1) is 13.5 Å². The Labute approximate surface area is 99.9 Å². The van der Waals surface area contributed by atoms with Crippen molar-refractivity contribution in [2.45, 2.75) is 19.4 Å². The number of carbonyl (C=O) groups excluding carboxylic acids is 2. The summed E-state index contributed by atoms with van der Waals surface area (Å²) >= 11 is 0. The molecule has 5 heteroatoms. The molecule has 5 nitrogen and oxygen atoms in total. The highest BCUT2D eigenvalue weighted by molar-refractivity contribution is 5.87. The fraction of sp³-hybridized carbons (Fsp3) is 0.333. The SMILES string of the molecule is COc1ccccc1CC(=O)NC(C)C(N)=O. The van der Waals surface area contributed by atoms with E-state index in [4.69, 9.17) is 10.5 Å². The number of primary amides is 1. The molecule has 0 aromatic heterocycles. The summed E-state index contributed by atoms with van der Waals surface area (Å²) in [5.41, 5.74) is 5.82. The van der Waals surface area contributed by atoms with E-state index in [1.54, 1.807) is 26.2 Å². The van der Waals surface area contributed by atoms with E-state index < -0.39 is 11.9 Å². The fourth-order valence-corrected chi connectivity index (χ4v) is 1.39. The van der Waals surface area contributed by atoms with Crippen molar-refractivity contribution in [3.05, 3.63) is 29.8 Å². The van der Waals surface area contributed by atoms with Crippen molar-refractivity contribution < 1.29 is 14.3 Å². The Kier molecular flexibility index (Phi) is 4.51. The molecule has 1 atom stereocenters. The molecule has 1 rings (SSSR count). The monoisotopic (exact) mass is 236 g/mol. The molecule has 92 valence electrons.